The van der Waals surface area contributed by atoms with Gasteiger partial charge < -0.3 is 10.2 Å². The van der Waals surface area contributed by atoms with Gasteiger partial charge in [-0.2, -0.15) is 0 Å². The molecular formula is C14H20ClFN2O. The third-order valence-electron chi connectivity index (χ3n) is 3.52. The number of benzene rings is 1. The predicted molar refractivity (Wildman–Crippen MR) is 76.3 cm³/mol. The predicted octanol–water partition coefficient (Wildman–Crippen LogP) is 2.46. The molecule has 1 aromatic rings. The van der Waals surface area contributed by atoms with E-state index in [1.54, 1.807) is 30.1 Å². The molecule has 5 heteroatoms. The van der Waals surface area contributed by atoms with Crippen molar-refractivity contribution in [3.05, 3.63) is 35.6 Å². The third-order valence-corrected chi connectivity index (χ3v) is 3.52. The monoisotopic (exact) mass is 286 g/mol. The van der Waals surface area contributed by atoms with Crippen molar-refractivity contribution in [1.29, 1.82) is 0 Å². The molecule has 2 rings (SSSR count). The molecule has 1 saturated heterocycles. The van der Waals surface area contributed by atoms with Crippen LogP contribution in [0.5, 0.6) is 0 Å². The number of hydrogen-bond acceptors (Lipinski definition) is 2. The normalized spacial score (nSPS) is 19.2. The van der Waals surface area contributed by atoms with Gasteiger partial charge in [-0.1, -0.05) is 12.1 Å². The van der Waals surface area contributed by atoms with Crippen molar-refractivity contribution in [2.45, 2.75) is 25.3 Å². The van der Waals surface area contributed by atoms with Crippen molar-refractivity contribution in [2.75, 3.05) is 20.1 Å². The smallest absolute Gasteiger partial charge is 0.256 e. The Balaban J connectivity index is 0.00000180. The summed E-state index contributed by atoms with van der Waals surface area (Å²) in [6.45, 7) is 1.91. The summed E-state index contributed by atoms with van der Waals surface area (Å²) in [5, 5.41) is 3.31. The Morgan fingerprint density at radius 3 is 2.79 bits per heavy atom. The molecule has 19 heavy (non-hydrogen) atoms. The molecule has 1 amide bonds. The van der Waals surface area contributed by atoms with Gasteiger partial charge in [-0.05, 0) is 44.5 Å². The van der Waals surface area contributed by atoms with Crippen molar-refractivity contribution in [2.24, 2.45) is 0 Å². The molecule has 1 aliphatic heterocycles. The first-order chi connectivity index (χ1) is 8.70. The van der Waals surface area contributed by atoms with E-state index in [1.165, 1.54) is 6.07 Å². The van der Waals surface area contributed by atoms with Crippen LogP contribution in [0.1, 0.15) is 29.6 Å². The number of carbonyl (C=O) groups is 1. The van der Waals surface area contributed by atoms with Gasteiger partial charge in [0.15, 0.2) is 0 Å². The maximum absolute atomic E-state index is 13.6. The maximum Gasteiger partial charge on any atom is 0.256 e. The minimum atomic E-state index is -0.443. The summed E-state index contributed by atoms with van der Waals surface area (Å²) in [6.07, 6.45) is 2.96. The fourth-order valence-corrected chi connectivity index (χ4v) is 2.38. The maximum atomic E-state index is 13.6. The van der Waals surface area contributed by atoms with Gasteiger partial charge in [0.1, 0.15) is 5.82 Å². The number of nitrogens with zero attached hydrogens (tertiary/aromatic N) is 1. The minimum Gasteiger partial charge on any atom is -0.339 e. The summed E-state index contributed by atoms with van der Waals surface area (Å²) in [5.74, 6) is -0.666. The van der Waals surface area contributed by atoms with E-state index in [0.29, 0.717) is 0 Å². The van der Waals surface area contributed by atoms with Gasteiger partial charge in [0.05, 0.1) is 5.56 Å². The largest absolute Gasteiger partial charge is 0.339 e. The minimum absolute atomic E-state index is 0. The fraction of sp³-hybridized carbons (Fsp3) is 0.500. The molecule has 1 heterocycles. The number of halogens is 2. The average Bonchev–Trinajstić information content (AvgIpc) is 2.66. The number of nitrogens with one attached hydrogen (secondary N) is 1. The second-order valence-corrected chi connectivity index (χ2v) is 4.73. The summed E-state index contributed by atoms with van der Waals surface area (Å²) < 4.78 is 13.6. The lowest BCUT2D eigenvalue weighted by Gasteiger charge is -2.27. The first kappa shape index (κ1) is 15.9. The van der Waals surface area contributed by atoms with Crippen LogP contribution in [0, 0.1) is 5.82 Å². The molecule has 0 spiro atoms. The molecule has 0 aliphatic carbocycles. The van der Waals surface area contributed by atoms with E-state index in [1.807, 2.05) is 0 Å². The van der Waals surface area contributed by atoms with Crippen molar-refractivity contribution >= 4 is 18.3 Å². The van der Waals surface area contributed by atoms with Crippen molar-refractivity contribution in [3.63, 3.8) is 0 Å². The molecule has 1 atom stereocenters. The van der Waals surface area contributed by atoms with Gasteiger partial charge in [0.2, 0.25) is 0 Å². The SMILES string of the molecule is CN(C(=O)c1ccccc1F)C1CCCNCC1.Cl. The third kappa shape index (κ3) is 3.91. The molecular weight excluding hydrogens is 267 g/mol. The molecule has 0 saturated carbocycles. The molecule has 1 aliphatic rings. The standard InChI is InChI=1S/C14H19FN2O.ClH/c1-17(11-5-4-9-16-10-8-11)14(18)12-6-2-3-7-13(12)15;/h2-3,6-7,11,16H,4-5,8-10H2,1H3;1H. The number of hydrogen-bond donors (Lipinski definition) is 1. The van der Waals surface area contributed by atoms with Crippen LogP contribution < -0.4 is 5.32 Å². The first-order valence-electron chi connectivity index (χ1n) is 6.42. The Bertz CT molecular complexity index is 420. The van der Waals surface area contributed by atoms with Crippen molar-refractivity contribution < 1.29 is 9.18 Å². The molecule has 106 valence electrons. The van der Waals surface area contributed by atoms with E-state index in [9.17, 15) is 9.18 Å². The Kier molecular flexibility index (Phi) is 6.25. The zero-order chi connectivity index (χ0) is 13.0. The molecule has 1 fully saturated rings. The van der Waals surface area contributed by atoms with Gasteiger partial charge >= 0.3 is 0 Å². The quantitative estimate of drug-likeness (QED) is 0.906. The van der Waals surface area contributed by atoms with Crippen LogP contribution in [-0.4, -0.2) is 37.0 Å². The zero-order valence-electron chi connectivity index (χ0n) is 11.1. The molecule has 0 aromatic heterocycles. The molecule has 1 aromatic carbocycles. The van der Waals surface area contributed by atoms with Crippen LogP contribution in [0.4, 0.5) is 4.39 Å². The molecule has 0 radical (unpaired) electrons. The first-order valence-corrected chi connectivity index (χ1v) is 6.42. The van der Waals surface area contributed by atoms with E-state index >= 15 is 0 Å². The number of rotatable bonds is 2. The van der Waals surface area contributed by atoms with Crippen LogP contribution in [0.25, 0.3) is 0 Å². The van der Waals surface area contributed by atoms with E-state index in [2.05, 4.69) is 5.32 Å². The van der Waals surface area contributed by atoms with Crippen LogP contribution >= 0.6 is 12.4 Å². The molecule has 1 N–H and O–H groups in total. The summed E-state index contributed by atoms with van der Waals surface area (Å²) >= 11 is 0. The van der Waals surface area contributed by atoms with E-state index in [-0.39, 0.29) is 29.9 Å². The number of carbonyl (C=O) groups excluding carboxylic acids is 1. The highest BCUT2D eigenvalue weighted by atomic mass is 35.5. The van der Waals surface area contributed by atoms with Crippen LogP contribution in [0.2, 0.25) is 0 Å². The van der Waals surface area contributed by atoms with Gasteiger partial charge in [-0.3, -0.25) is 4.79 Å². The average molecular weight is 287 g/mol. The Hall–Kier alpha value is -1.13. The van der Waals surface area contributed by atoms with E-state index < -0.39 is 5.82 Å². The molecule has 0 bridgehead atoms. The lowest BCUT2D eigenvalue weighted by molar-refractivity contribution is 0.0715. The van der Waals surface area contributed by atoms with Crippen molar-refractivity contribution in [3.8, 4) is 0 Å². The highest BCUT2D eigenvalue weighted by Crippen LogP contribution is 2.16. The highest BCUT2D eigenvalue weighted by molar-refractivity contribution is 5.94. The zero-order valence-corrected chi connectivity index (χ0v) is 11.9. The van der Waals surface area contributed by atoms with Gasteiger partial charge in [-0.25, -0.2) is 4.39 Å². The van der Waals surface area contributed by atoms with Gasteiger partial charge in [0.25, 0.3) is 5.91 Å². The lowest BCUT2D eigenvalue weighted by Crippen LogP contribution is -2.38. The van der Waals surface area contributed by atoms with Gasteiger partial charge in [-0.15, -0.1) is 12.4 Å². The fourth-order valence-electron chi connectivity index (χ4n) is 2.38. The van der Waals surface area contributed by atoms with Gasteiger partial charge in [0, 0.05) is 13.1 Å². The topological polar surface area (TPSA) is 32.3 Å². The van der Waals surface area contributed by atoms with Crippen LogP contribution in [0.3, 0.4) is 0 Å². The van der Waals surface area contributed by atoms with Crippen LogP contribution in [-0.2, 0) is 0 Å². The molecule has 3 nitrogen and oxygen atoms in total. The lowest BCUT2D eigenvalue weighted by atomic mass is 10.1. The van der Waals surface area contributed by atoms with E-state index in [0.717, 1.165) is 32.4 Å². The summed E-state index contributed by atoms with van der Waals surface area (Å²) in [5.41, 5.74) is 0.164. The summed E-state index contributed by atoms with van der Waals surface area (Å²) in [7, 11) is 1.77. The van der Waals surface area contributed by atoms with Crippen molar-refractivity contribution in [1.82, 2.24) is 10.2 Å². The Labute approximate surface area is 119 Å². The summed E-state index contributed by atoms with van der Waals surface area (Å²) in [4.78, 5) is 13.9. The second-order valence-electron chi connectivity index (χ2n) is 4.73. The summed E-state index contributed by atoms with van der Waals surface area (Å²) in [6, 6.07) is 6.37. The molecule has 1 unspecified atom stereocenters. The Morgan fingerprint density at radius 1 is 1.32 bits per heavy atom. The highest BCUT2D eigenvalue weighted by Gasteiger charge is 2.23. The Morgan fingerprint density at radius 2 is 2.05 bits per heavy atom. The number of amides is 1. The second kappa shape index (κ2) is 7.46. The van der Waals surface area contributed by atoms with Crippen LogP contribution in [0.15, 0.2) is 24.3 Å². The van der Waals surface area contributed by atoms with E-state index in [4.69, 9.17) is 0 Å².